The van der Waals surface area contributed by atoms with Crippen molar-refractivity contribution in [2.75, 3.05) is 5.73 Å². The van der Waals surface area contributed by atoms with Gasteiger partial charge in [0.2, 0.25) is 0 Å². The predicted molar refractivity (Wildman–Crippen MR) is 59.2 cm³/mol. The fourth-order valence-corrected chi connectivity index (χ4v) is 2.09. The first-order valence-electron chi connectivity index (χ1n) is 4.35. The van der Waals surface area contributed by atoms with Gasteiger partial charge in [0.25, 0.3) is 0 Å². The zero-order valence-electron chi connectivity index (χ0n) is 7.55. The molecule has 1 unspecified atom stereocenters. The summed E-state index contributed by atoms with van der Waals surface area (Å²) in [5.74, 6) is 0. The van der Waals surface area contributed by atoms with Gasteiger partial charge in [-0.15, -0.1) is 11.3 Å². The third kappa shape index (κ3) is 1.64. The number of hydrogen-bond donors (Lipinski definition) is 2. The lowest BCUT2D eigenvalue weighted by Gasteiger charge is -2.11. The van der Waals surface area contributed by atoms with Crippen LogP contribution in [0.1, 0.15) is 16.5 Å². The van der Waals surface area contributed by atoms with E-state index in [9.17, 15) is 5.11 Å². The largest absolute Gasteiger partial charge is 0.398 e. The van der Waals surface area contributed by atoms with E-state index in [0.717, 1.165) is 10.4 Å². The second-order valence-corrected chi connectivity index (χ2v) is 4.03. The molecule has 2 rings (SSSR count). The summed E-state index contributed by atoms with van der Waals surface area (Å²) in [6.07, 6.45) is -0.601. The first-order valence-corrected chi connectivity index (χ1v) is 5.23. The molecule has 1 aromatic carbocycles. The summed E-state index contributed by atoms with van der Waals surface area (Å²) >= 11 is 1.53. The summed E-state index contributed by atoms with van der Waals surface area (Å²) in [5, 5.41) is 11.9. The Kier molecular flexibility index (Phi) is 2.52. The molecule has 72 valence electrons. The van der Waals surface area contributed by atoms with Crippen LogP contribution in [0.4, 0.5) is 5.69 Å². The minimum absolute atomic E-state index is 0.601. The first kappa shape index (κ1) is 9.24. The maximum absolute atomic E-state index is 9.99. The van der Waals surface area contributed by atoms with Gasteiger partial charge >= 0.3 is 0 Å². The predicted octanol–water partition coefficient (Wildman–Crippen LogP) is 2.41. The molecule has 0 aliphatic carbocycles. The van der Waals surface area contributed by atoms with Crippen molar-refractivity contribution < 1.29 is 5.11 Å². The van der Waals surface area contributed by atoms with Crippen molar-refractivity contribution in [2.45, 2.75) is 6.10 Å². The van der Waals surface area contributed by atoms with Crippen molar-refractivity contribution in [3.8, 4) is 0 Å². The van der Waals surface area contributed by atoms with E-state index in [1.54, 1.807) is 6.07 Å². The minimum atomic E-state index is -0.601. The van der Waals surface area contributed by atoms with Crippen LogP contribution in [0.3, 0.4) is 0 Å². The number of nitrogens with two attached hydrogens (primary N) is 1. The van der Waals surface area contributed by atoms with E-state index in [1.165, 1.54) is 11.3 Å². The lowest BCUT2D eigenvalue weighted by atomic mass is 10.1. The molecule has 3 heteroatoms. The molecule has 0 spiro atoms. The van der Waals surface area contributed by atoms with Crippen LogP contribution >= 0.6 is 11.3 Å². The molecular weight excluding hydrogens is 194 g/mol. The summed E-state index contributed by atoms with van der Waals surface area (Å²) in [4.78, 5) is 0.919. The van der Waals surface area contributed by atoms with Crippen LogP contribution in [-0.2, 0) is 0 Å². The van der Waals surface area contributed by atoms with Gasteiger partial charge in [0.15, 0.2) is 0 Å². The maximum atomic E-state index is 9.99. The lowest BCUT2D eigenvalue weighted by Crippen LogP contribution is -2.01. The van der Waals surface area contributed by atoms with E-state index < -0.39 is 6.10 Å². The molecule has 2 aromatic rings. The standard InChI is InChI=1S/C11H11NOS/c12-9-5-2-1-4-8(9)11(13)10-6-3-7-14-10/h1-7,11,13H,12H2. The fourth-order valence-electron chi connectivity index (χ4n) is 1.36. The van der Waals surface area contributed by atoms with Gasteiger partial charge in [-0.25, -0.2) is 0 Å². The molecule has 0 saturated heterocycles. The Bertz CT molecular complexity index is 411. The monoisotopic (exact) mass is 205 g/mol. The van der Waals surface area contributed by atoms with Crippen LogP contribution in [0.5, 0.6) is 0 Å². The second kappa shape index (κ2) is 3.82. The topological polar surface area (TPSA) is 46.2 Å². The molecule has 0 fully saturated rings. The fraction of sp³-hybridized carbons (Fsp3) is 0.0909. The molecule has 0 saturated carbocycles. The summed E-state index contributed by atoms with van der Waals surface area (Å²) < 4.78 is 0. The molecule has 0 bridgehead atoms. The normalized spacial score (nSPS) is 12.6. The lowest BCUT2D eigenvalue weighted by molar-refractivity contribution is 0.225. The maximum Gasteiger partial charge on any atom is 0.115 e. The molecule has 1 heterocycles. The summed E-state index contributed by atoms with van der Waals surface area (Å²) in [5.41, 5.74) is 7.18. The average molecular weight is 205 g/mol. The average Bonchev–Trinajstić information content (AvgIpc) is 2.70. The van der Waals surface area contributed by atoms with Gasteiger partial charge < -0.3 is 10.8 Å². The van der Waals surface area contributed by atoms with Crippen molar-refractivity contribution in [3.05, 3.63) is 52.2 Å². The Morgan fingerprint density at radius 3 is 2.57 bits per heavy atom. The third-order valence-electron chi connectivity index (χ3n) is 2.10. The number of anilines is 1. The number of para-hydroxylation sites is 1. The van der Waals surface area contributed by atoms with Crippen molar-refractivity contribution >= 4 is 17.0 Å². The van der Waals surface area contributed by atoms with E-state index >= 15 is 0 Å². The molecule has 0 amide bonds. The number of rotatable bonds is 2. The Morgan fingerprint density at radius 2 is 1.93 bits per heavy atom. The van der Waals surface area contributed by atoms with Gasteiger partial charge in [0.05, 0.1) is 0 Å². The molecule has 14 heavy (non-hydrogen) atoms. The Balaban J connectivity index is 2.37. The first-order chi connectivity index (χ1) is 6.79. The number of nitrogen functional groups attached to an aromatic ring is 1. The molecule has 3 N–H and O–H groups in total. The zero-order chi connectivity index (χ0) is 9.97. The highest BCUT2D eigenvalue weighted by molar-refractivity contribution is 7.10. The SMILES string of the molecule is Nc1ccccc1C(O)c1cccs1. The number of aliphatic hydroxyl groups excluding tert-OH is 1. The van der Waals surface area contributed by atoms with E-state index in [4.69, 9.17) is 5.73 Å². The van der Waals surface area contributed by atoms with E-state index in [1.807, 2.05) is 35.7 Å². The summed E-state index contributed by atoms with van der Waals surface area (Å²) in [6.45, 7) is 0. The van der Waals surface area contributed by atoms with Crippen molar-refractivity contribution in [3.63, 3.8) is 0 Å². The van der Waals surface area contributed by atoms with Crippen LogP contribution in [-0.4, -0.2) is 5.11 Å². The third-order valence-corrected chi connectivity index (χ3v) is 3.03. The quantitative estimate of drug-likeness (QED) is 0.739. The zero-order valence-corrected chi connectivity index (χ0v) is 8.37. The van der Waals surface area contributed by atoms with Gasteiger partial charge in [-0.05, 0) is 17.5 Å². The van der Waals surface area contributed by atoms with Gasteiger partial charge in [0.1, 0.15) is 6.10 Å². The van der Waals surface area contributed by atoms with E-state index in [0.29, 0.717) is 5.69 Å². The highest BCUT2D eigenvalue weighted by Crippen LogP contribution is 2.28. The number of thiophene rings is 1. The van der Waals surface area contributed by atoms with Crippen molar-refractivity contribution in [1.29, 1.82) is 0 Å². The van der Waals surface area contributed by atoms with Gasteiger partial charge in [-0.3, -0.25) is 0 Å². The Morgan fingerprint density at radius 1 is 1.14 bits per heavy atom. The highest BCUT2D eigenvalue weighted by Gasteiger charge is 2.13. The highest BCUT2D eigenvalue weighted by atomic mass is 32.1. The van der Waals surface area contributed by atoms with Gasteiger partial charge in [-0.1, -0.05) is 24.3 Å². The van der Waals surface area contributed by atoms with Crippen LogP contribution in [0.2, 0.25) is 0 Å². The number of hydrogen-bond acceptors (Lipinski definition) is 3. The van der Waals surface area contributed by atoms with E-state index in [-0.39, 0.29) is 0 Å². The van der Waals surface area contributed by atoms with Crippen molar-refractivity contribution in [1.82, 2.24) is 0 Å². The Labute approximate surface area is 86.6 Å². The minimum Gasteiger partial charge on any atom is -0.398 e. The summed E-state index contributed by atoms with van der Waals surface area (Å²) in [7, 11) is 0. The molecule has 0 aliphatic rings. The van der Waals surface area contributed by atoms with Crippen LogP contribution in [0, 0.1) is 0 Å². The molecule has 2 nitrogen and oxygen atoms in total. The van der Waals surface area contributed by atoms with Crippen LogP contribution in [0.25, 0.3) is 0 Å². The number of benzene rings is 1. The molecule has 0 aliphatic heterocycles. The van der Waals surface area contributed by atoms with Gasteiger partial charge in [0, 0.05) is 16.1 Å². The molecule has 1 aromatic heterocycles. The van der Waals surface area contributed by atoms with Crippen LogP contribution < -0.4 is 5.73 Å². The van der Waals surface area contributed by atoms with Crippen LogP contribution in [0.15, 0.2) is 41.8 Å². The smallest absolute Gasteiger partial charge is 0.115 e. The molecular formula is C11H11NOS. The Hall–Kier alpha value is -1.32. The summed E-state index contributed by atoms with van der Waals surface area (Å²) in [6, 6.07) is 11.2. The number of aliphatic hydroxyl groups is 1. The second-order valence-electron chi connectivity index (χ2n) is 3.05. The molecule has 0 radical (unpaired) electrons. The molecule has 1 atom stereocenters. The van der Waals surface area contributed by atoms with E-state index in [2.05, 4.69) is 0 Å². The van der Waals surface area contributed by atoms with Gasteiger partial charge in [-0.2, -0.15) is 0 Å². The van der Waals surface area contributed by atoms with Crippen molar-refractivity contribution in [2.24, 2.45) is 0 Å².